The van der Waals surface area contributed by atoms with Crippen molar-refractivity contribution in [3.63, 3.8) is 0 Å². The maximum absolute atomic E-state index is 8.90. The minimum atomic E-state index is 0.141. The van der Waals surface area contributed by atoms with E-state index in [4.69, 9.17) is 9.84 Å². The highest BCUT2D eigenvalue weighted by atomic mass is 16.5. The van der Waals surface area contributed by atoms with E-state index < -0.39 is 0 Å². The molecule has 0 aliphatic rings. The van der Waals surface area contributed by atoms with Crippen LogP contribution >= 0.6 is 0 Å². The molecule has 2 rings (SSSR count). The molecule has 0 saturated carbocycles. The minimum absolute atomic E-state index is 0.141. The predicted molar refractivity (Wildman–Crippen MR) is 55.6 cm³/mol. The number of hydrogen-bond acceptors (Lipinski definition) is 2. The first-order chi connectivity index (χ1) is 6.86. The van der Waals surface area contributed by atoms with Crippen LogP contribution in [-0.2, 0) is 6.54 Å². The molecule has 0 unspecified atom stereocenters. The van der Waals surface area contributed by atoms with E-state index >= 15 is 0 Å². The smallest absolute Gasteiger partial charge is 0.143 e. The third-order valence-electron chi connectivity index (χ3n) is 2.31. The average Bonchev–Trinajstić information content (AvgIpc) is 2.62. The Bertz CT molecular complexity index is 434. The zero-order valence-corrected chi connectivity index (χ0v) is 8.10. The molecule has 2 aromatic rings. The molecule has 0 fully saturated rings. The van der Waals surface area contributed by atoms with Crippen molar-refractivity contribution >= 4 is 10.9 Å². The van der Waals surface area contributed by atoms with Crippen LogP contribution in [0.3, 0.4) is 0 Å². The molecule has 14 heavy (non-hydrogen) atoms. The summed E-state index contributed by atoms with van der Waals surface area (Å²) in [6, 6.07) is 7.94. The summed E-state index contributed by atoms with van der Waals surface area (Å²) >= 11 is 0. The fourth-order valence-electron chi connectivity index (χ4n) is 1.68. The highest BCUT2D eigenvalue weighted by molar-refractivity contribution is 5.85. The summed E-state index contributed by atoms with van der Waals surface area (Å²) in [5.74, 6) is 0.848. The molecule has 0 aliphatic heterocycles. The highest BCUT2D eigenvalue weighted by Gasteiger charge is 2.05. The Morgan fingerprint density at radius 3 is 2.93 bits per heavy atom. The number of aliphatic hydroxyl groups excluding tert-OH is 1. The lowest BCUT2D eigenvalue weighted by Gasteiger charge is -2.06. The Kier molecular flexibility index (Phi) is 2.41. The number of aliphatic hydroxyl groups is 1. The first-order valence-corrected chi connectivity index (χ1v) is 4.59. The molecule has 0 saturated heterocycles. The third-order valence-corrected chi connectivity index (χ3v) is 2.31. The molecule has 0 amide bonds. The SMILES string of the molecule is COc1cccc2ccn(CCO)c12. The second-order valence-electron chi connectivity index (χ2n) is 3.13. The molecule has 3 nitrogen and oxygen atoms in total. The number of hydrogen-bond donors (Lipinski definition) is 1. The topological polar surface area (TPSA) is 34.4 Å². The van der Waals surface area contributed by atoms with Crippen molar-refractivity contribution < 1.29 is 9.84 Å². The van der Waals surface area contributed by atoms with Gasteiger partial charge in [0.15, 0.2) is 0 Å². The van der Waals surface area contributed by atoms with Crippen molar-refractivity contribution in [2.75, 3.05) is 13.7 Å². The van der Waals surface area contributed by atoms with Gasteiger partial charge in [-0.25, -0.2) is 0 Å². The Balaban J connectivity index is 2.62. The predicted octanol–water partition coefficient (Wildman–Crippen LogP) is 1.64. The summed E-state index contributed by atoms with van der Waals surface area (Å²) in [5.41, 5.74) is 1.05. The van der Waals surface area contributed by atoms with E-state index in [2.05, 4.69) is 0 Å². The van der Waals surface area contributed by atoms with Gasteiger partial charge in [-0.2, -0.15) is 0 Å². The van der Waals surface area contributed by atoms with Crippen molar-refractivity contribution in [1.82, 2.24) is 4.57 Å². The molecule has 0 atom stereocenters. The van der Waals surface area contributed by atoms with Crippen LogP contribution in [0.2, 0.25) is 0 Å². The molecule has 0 spiro atoms. The van der Waals surface area contributed by atoms with E-state index in [0.29, 0.717) is 6.54 Å². The fraction of sp³-hybridized carbons (Fsp3) is 0.273. The normalized spacial score (nSPS) is 10.7. The number of nitrogens with zero attached hydrogens (tertiary/aromatic N) is 1. The molecule has 0 aliphatic carbocycles. The van der Waals surface area contributed by atoms with Crippen LogP contribution in [0.15, 0.2) is 30.5 Å². The molecule has 3 heteroatoms. The zero-order valence-electron chi connectivity index (χ0n) is 8.10. The summed E-state index contributed by atoms with van der Waals surface area (Å²) in [7, 11) is 1.66. The van der Waals surface area contributed by atoms with Crippen LogP contribution in [0.5, 0.6) is 5.75 Å². The summed E-state index contributed by atoms with van der Waals surface area (Å²) in [6.07, 6.45) is 1.96. The molecular weight excluding hydrogens is 178 g/mol. The monoisotopic (exact) mass is 191 g/mol. The van der Waals surface area contributed by atoms with Gasteiger partial charge in [-0.1, -0.05) is 12.1 Å². The van der Waals surface area contributed by atoms with Gasteiger partial charge in [0.1, 0.15) is 5.75 Å². The highest BCUT2D eigenvalue weighted by Crippen LogP contribution is 2.25. The standard InChI is InChI=1S/C11H13NO2/c1-14-10-4-2-3-9-5-6-12(7-8-13)11(9)10/h2-6,13H,7-8H2,1H3. The van der Waals surface area contributed by atoms with E-state index in [1.807, 2.05) is 35.0 Å². The summed E-state index contributed by atoms with van der Waals surface area (Å²) < 4.78 is 7.26. The van der Waals surface area contributed by atoms with Gasteiger partial charge in [-0.15, -0.1) is 0 Å². The van der Waals surface area contributed by atoms with Gasteiger partial charge in [0.05, 0.1) is 19.2 Å². The van der Waals surface area contributed by atoms with Gasteiger partial charge in [0, 0.05) is 18.1 Å². The number of aromatic nitrogens is 1. The van der Waals surface area contributed by atoms with E-state index in [9.17, 15) is 0 Å². The first-order valence-electron chi connectivity index (χ1n) is 4.59. The maximum Gasteiger partial charge on any atom is 0.143 e. The van der Waals surface area contributed by atoms with Crippen molar-refractivity contribution in [2.45, 2.75) is 6.54 Å². The van der Waals surface area contributed by atoms with Crippen molar-refractivity contribution in [2.24, 2.45) is 0 Å². The molecule has 0 bridgehead atoms. The van der Waals surface area contributed by atoms with Crippen molar-refractivity contribution in [1.29, 1.82) is 0 Å². The molecule has 1 N–H and O–H groups in total. The Morgan fingerprint density at radius 2 is 2.21 bits per heavy atom. The van der Waals surface area contributed by atoms with Gasteiger partial charge >= 0.3 is 0 Å². The quantitative estimate of drug-likeness (QED) is 0.800. The largest absolute Gasteiger partial charge is 0.495 e. The molecule has 1 heterocycles. The number of para-hydroxylation sites is 1. The molecular formula is C11H13NO2. The van der Waals surface area contributed by atoms with Gasteiger partial charge in [-0.3, -0.25) is 0 Å². The minimum Gasteiger partial charge on any atom is -0.495 e. The summed E-state index contributed by atoms with van der Waals surface area (Å²) in [5, 5.41) is 10.0. The second-order valence-corrected chi connectivity index (χ2v) is 3.13. The number of ether oxygens (including phenoxy) is 1. The molecule has 74 valence electrons. The van der Waals surface area contributed by atoms with Crippen LogP contribution in [0.25, 0.3) is 10.9 Å². The van der Waals surface area contributed by atoms with Gasteiger partial charge in [0.2, 0.25) is 0 Å². The number of rotatable bonds is 3. The van der Waals surface area contributed by atoms with E-state index in [1.54, 1.807) is 7.11 Å². The second kappa shape index (κ2) is 3.72. The van der Waals surface area contributed by atoms with Crippen LogP contribution in [-0.4, -0.2) is 23.4 Å². The molecule has 1 aromatic heterocycles. The molecule has 1 aromatic carbocycles. The van der Waals surface area contributed by atoms with Gasteiger partial charge in [0.25, 0.3) is 0 Å². The lowest BCUT2D eigenvalue weighted by atomic mass is 10.2. The zero-order chi connectivity index (χ0) is 9.97. The van der Waals surface area contributed by atoms with Crippen LogP contribution in [0.1, 0.15) is 0 Å². The van der Waals surface area contributed by atoms with E-state index in [0.717, 1.165) is 16.7 Å². The lowest BCUT2D eigenvalue weighted by molar-refractivity contribution is 0.277. The Morgan fingerprint density at radius 1 is 1.36 bits per heavy atom. The molecule has 0 radical (unpaired) electrons. The maximum atomic E-state index is 8.90. The Labute approximate surface area is 82.5 Å². The van der Waals surface area contributed by atoms with Crippen LogP contribution < -0.4 is 4.74 Å². The third kappa shape index (κ3) is 1.36. The summed E-state index contributed by atoms with van der Waals surface area (Å²) in [6.45, 7) is 0.742. The van der Waals surface area contributed by atoms with Gasteiger partial charge < -0.3 is 14.4 Å². The van der Waals surface area contributed by atoms with E-state index in [1.165, 1.54) is 0 Å². The van der Waals surface area contributed by atoms with Crippen LogP contribution in [0.4, 0.5) is 0 Å². The van der Waals surface area contributed by atoms with Crippen LogP contribution in [0, 0.1) is 0 Å². The van der Waals surface area contributed by atoms with E-state index in [-0.39, 0.29) is 6.61 Å². The van der Waals surface area contributed by atoms with Crippen molar-refractivity contribution in [3.05, 3.63) is 30.5 Å². The number of benzene rings is 1. The average molecular weight is 191 g/mol. The first kappa shape index (κ1) is 9.09. The Hall–Kier alpha value is -1.48. The number of methoxy groups -OCH3 is 1. The van der Waals surface area contributed by atoms with Gasteiger partial charge in [-0.05, 0) is 12.1 Å². The summed E-state index contributed by atoms with van der Waals surface area (Å²) in [4.78, 5) is 0. The fourth-order valence-corrected chi connectivity index (χ4v) is 1.68. The van der Waals surface area contributed by atoms with Crippen molar-refractivity contribution in [3.8, 4) is 5.75 Å². The lowest BCUT2D eigenvalue weighted by Crippen LogP contribution is -2.00. The number of fused-ring (bicyclic) bond motifs is 1.